The summed E-state index contributed by atoms with van der Waals surface area (Å²) < 4.78 is 16.9. The summed E-state index contributed by atoms with van der Waals surface area (Å²) in [5.74, 6) is -0.842. The third-order valence-electron chi connectivity index (χ3n) is 16.9. The highest BCUT2D eigenvalue weighted by molar-refractivity contribution is 5.71. The first kappa shape index (κ1) is 79.6. The van der Waals surface area contributed by atoms with Gasteiger partial charge in [-0.05, 0) is 57.8 Å². The number of hydrogen-bond acceptors (Lipinski definition) is 6. The zero-order valence-electron chi connectivity index (χ0n) is 55.5. The topological polar surface area (TPSA) is 78.9 Å². The van der Waals surface area contributed by atoms with E-state index >= 15 is 0 Å². The van der Waals surface area contributed by atoms with Crippen LogP contribution >= 0.6 is 0 Å². The van der Waals surface area contributed by atoms with Gasteiger partial charge in [0.15, 0.2) is 6.10 Å². The molecule has 0 rings (SSSR count). The lowest BCUT2D eigenvalue weighted by molar-refractivity contribution is -0.167. The van der Waals surface area contributed by atoms with E-state index in [2.05, 4.69) is 57.2 Å². The lowest BCUT2D eigenvalue weighted by Gasteiger charge is -2.18. The molecular formula is C76H142O6. The Kier molecular flexibility index (Phi) is 69.1. The highest BCUT2D eigenvalue weighted by atomic mass is 16.6. The van der Waals surface area contributed by atoms with E-state index in [1.54, 1.807) is 0 Å². The molecule has 482 valence electrons. The molecule has 0 saturated heterocycles. The molecule has 0 saturated carbocycles. The van der Waals surface area contributed by atoms with Gasteiger partial charge >= 0.3 is 17.9 Å². The Bertz CT molecular complexity index is 1370. The monoisotopic (exact) mass is 1150 g/mol. The van der Waals surface area contributed by atoms with Gasteiger partial charge in [0, 0.05) is 19.3 Å². The first-order chi connectivity index (χ1) is 40.5. The molecule has 1 atom stereocenters. The smallest absolute Gasteiger partial charge is 0.306 e. The Morgan fingerprint density at radius 1 is 0.244 bits per heavy atom. The average Bonchev–Trinajstić information content (AvgIpc) is 3.48. The largest absolute Gasteiger partial charge is 0.462 e. The molecule has 0 aliphatic rings. The van der Waals surface area contributed by atoms with E-state index in [4.69, 9.17) is 14.2 Å². The molecule has 0 fully saturated rings. The van der Waals surface area contributed by atoms with Crippen LogP contribution in [0.3, 0.4) is 0 Å². The summed E-state index contributed by atoms with van der Waals surface area (Å²) in [7, 11) is 0. The zero-order chi connectivity index (χ0) is 59.2. The number of allylic oxidation sites excluding steroid dienone is 6. The number of carbonyl (C=O) groups is 3. The normalized spacial score (nSPS) is 12.2. The molecule has 0 N–H and O–H groups in total. The molecule has 0 heterocycles. The van der Waals surface area contributed by atoms with Crippen molar-refractivity contribution >= 4 is 17.9 Å². The lowest BCUT2D eigenvalue weighted by Crippen LogP contribution is -2.30. The number of unbranched alkanes of at least 4 members (excludes halogenated alkanes) is 52. The van der Waals surface area contributed by atoms with E-state index in [9.17, 15) is 14.4 Å². The van der Waals surface area contributed by atoms with Crippen molar-refractivity contribution in [2.45, 2.75) is 419 Å². The molecule has 0 aromatic carbocycles. The van der Waals surface area contributed by atoms with Crippen LogP contribution in [-0.4, -0.2) is 37.2 Å². The standard InChI is InChI=1S/C76H142O6/c1-4-7-10-13-16-18-20-22-24-26-28-30-32-34-35-36-37-38-39-40-41-42-44-45-47-49-51-53-55-57-60-63-66-69-75(78)81-72-73(71-80-74(77)68-65-62-59-15-12-9-6-3)82-76(79)70-67-64-61-58-56-54-52-50-48-46-43-33-31-29-27-25-23-21-19-17-14-11-8-5-2/h20,22,26,28,32,34,73H,4-19,21,23-25,27,29-31,33,35-72H2,1-3H3/b22-20-,28-26-,34-32-. The first-order valence-electron chi connectivity index (χ1n) is 37.0. The van der Waals surface area contributed by atoms with Crippen LogP contribution in [0.15, 0.2) is 36.5 Å². The van der Waals surface area contributed by atoms with Crippen LogP contribution in [0.1, 0.15) is 412 Å². The Balaban J connectivity index is 3.97. The first-order valence-corrected chi connectivity index (χ1v) is 37.0. The molecule has 0 aliphatic carbocycles. The summed E-state index contributed by atoms with van der Waals surface area (Å²) >= 11 is 0. The summed E-state index contributed by atoms with van der Waals surface area (Å²) in [5, 5.41) is 0. The molecule has 0 bridgehead atoms. The van der Waals surface area contributed by atoms with Gasteiger partial charge in [-0.1, -0.05) is 372 Å². The molecule has 82 heavy (non-hydrogen) atoms. The Labute approximate surface area is 512 Å². The third-order valence-corrected chi connectivity index (χ3v) is 16.9. The van der Waals surface area contributed by atoms with Crippen molar-refractivity contribution in [1.29, 1.82) is 0 Å². The van der Waals surface area contributed by atoms with Crippen molar-refractivity contribution in [2.24, 2.45) is 0 Å². The number of ether oxygens (including phenoxy) is 3. The van der Waals surface area contributed by atoms with Gasteiger partial charge in [-0.15, -0.1) is 0 Å². The second kappa shape index (κ2) is 71.1. The van der Waals surface area contributed by atoms with Crippen molar-refractivity contribution in [3.05, 3.63) is 36.5 Å². The number of rotatable bonds is 69. The van der Waals surface area contributed by atoms with Gasteiger partial charge in [-0.3, -0.25) is 14.4 Å². The average molecular weight is 1150 g/mol. The summed E-state index contributed by atoms with van der Waals surface area (Å²) in [6.07, 6.45) is 89.4. The van der Waals surface area contributed by atoms with Gasteiger partial charge in [0.25, 0.3) is 0 Å². The molecule has 0 aromatic heterocycles. The predicted molar refractivity (Wildman–Crippen MR) is 358 cm³/mol. The summed E-state index contributed by atoms with van der Waals surface area (Å²) in [6.45, 7) is 6.66. The summed E-state index contributed by atoms with van der Waals surface area (Å²) in [5.41, 5.74) is 0. The van der Waals surface area contributed by atoms with Gasteiger partial charge < -0.3 is 14.2 Å². The molecule has 0 spiro atoms. The molecular weight excluding hydrogens is 1010 g/mol. The Morgan fingerprint density at radius 3 is 0.683 bits per heavy atom. The van der Waals surface area contributed by atoms with Crippen LogP contribution in [-0.2, 0) is 28.6 Å². The van der Waals surface area contributed by atoms with Crippen LogP contribution in [0.2, 0.25) is 0 Å². The van der Waals surface area contributed by atoms with E-state index in [-0.39, 0.29) is 31.1 Å². The van der Waals surface area contributed by atoms with Gasteiger partial charge in [0.1, 0.15) is 13.2 Å². The number of hydrogen-bond donors (Lipinski definition) is 0. The number of esters is 3. The maximum atomic E-state index is 12.9. The van der Waals surface area contributed by atoms with Gasteiger partial charge in [-0.2, -0.15) is 0 Å². The van der Waals surface area contributed by atoms with Crippen LogP contribution in [0.4, 0.5) is 0 Å². The Morgan fingerprint density at radius 2 is 0.439 bits per heavy atom. The van der Waals surface area contributed by atoms with E-state index in [0.717, 1.165) is 70.6 Å². The van der Waals surface area contributed by atoms with Crippen molar-refractivity contribution < 1.29 is 28.6 Å². The van der Waals surface area contributed by atoms with Crippen LogP contribution in [0.25, 0.3) is 0 Å². The number of carbonyl (C=O) groups excluding carboxylic acids is 3. The third kappa shape index (κ3) is 68.4. The minimum absolute atomic E-state index is 0.0652. The summed E-state index contributed by atoms with van der Waals surface area (Å²) in [6, 6.07) is 0. The fourth-order valence-electron chi connectivity index (χ4n) is 11.3. The minimum atomic E-state index is -0.766. The van der Waals surface area contributed by atoms with Crippen molar-refractivity contribution in [3.63, 3.8) is 0 Å². The van der Waals surface area contributed by atoms with Crippen LogP contribution in [0, 0.1) is 0 Å². The van der Waals surface area contributed by atoms with E-state index in [1.165, 1.54) is 302 Å². The zero-order valence-corrected chi connectivity index (χ0v) is 55.5. The second-order valence-electron chi connectivity index (χ2n) is 25.2. The molecule has 6 nitrogen and oxygen atoms in total. The fourth-order valence-corrected chi connectivity index (χ4v) is 11.3. The van der Waals surface area contributed by atoms with E-state index < -0.39 is 6.10 Å². The fraction of sp³-hybridized carbons (Fsp3) is 0.882. The predicted octanol–water partition coefficient (Wildman–Crippen LogP) is 25.5. The van der Waals surface area contributed by atoms with Crippen LogP contribution in [0.5, 0.6) is 0 Å². The maximum Gasteiger partial charge on any atom is 0.306 e. The summed E-state index contributed by atoms with van der Waals surface area (Å²) in [4.78, 5) is 38.2. The lowest BCUT2D eigenvalue weighted by atomic mass is 10.0. The van der Waals surface area contributed by atoms with Gasteiger partial charge in [0.05, 0.1) is 0 Å². The molecule has 1 unspecified atom stereocenters. The second-order valence-corrected chi connectivity index (χ2v) is 25.2. The van der Waals surface area contributed by atoms with E-state index in [0.29, 0.717) is 19.3 Å². The van der Waals surface area contributed by atoms with Gasteiger partial charge in [0.2, 0.25) is 0 Å². The van der Waals surface area contributed by atoms with E-state index in [1.807, 2.05) is 0 Å². The molecule has 0 aliphatic heterocycles. The molecule has 0 radical (unpaired) electrons. The van der Waals surface area contributed by atoms with Crippen molar-refractivity contribution in [1.82, 2.24) is 0 Å². The van der Waals surface area contributed by atoms with Crippen molar-refractivity contribution in [3.8, 4) is 0 Å². The molecule has 0 amide bonds. The van der Waals surface area contributed by atoms with Crippen molar-refractivity contribution in [2.75, 3.05) is 13.2 Å². The maximum absolute atomic E-state index is 12.9. The highest BCUT2D eigenvalue weighted by Gasteiger charge is 2.19. The SMILES string of the molecule is CCCCCCC/C=C\C/C=C\C/C=C\CCCCCCCCCCCCCCCCCCCCC(=O)OCC(COC(=O)CCCCCCCCC)OC(=O)CCCCCCCCCCCCCCCCCCCCCCCCCC. The molecule has 6 heteroatoms. The quantitative estimate of drug-likeness (QED) is 0.0261. The minimum Gasteiger partial charge on any atom is -0.462 e. The van der Waals surface area contributed by atoms with Crippen LogP contribution < -0.4 is 0 Å². The molecule has 0 aromatic rings. The van der Waals surface area contributed by atoms with Gasteiger partial charge in [-0.25, -0.2) is 0 Å². The Hall–Kier alpha value is -2.37. The highest BCUT2D eigenvalue weighted by Crippen LogP contribution is 2.19.